The highest BCUT2D eigenvalue weighted by Crippen LogP contribution is 2.21. The van der Waals surface area contributed by atoms with Crippen molar-refractivity contribution in [2.75, 3.05) is 24.4 Å². The second kappa shape index (κ2) is 6.71. The standard InChI is InChI=1S/C20H22N4/c1-14-5-10-19-18(11-14)15(2)12-20(22-19)23-21-13-16-6-8-17(9-7-16)24(3)4/h5-13H,1-4H3,(H,22,23)/b21-13+. The number of hydrazone groups is 1. The van der Waals surface area contributed by atoms with Gasteiger partial charge in [-0.3, -0.25) is 5.43 Å². The summed E-state index contributed by atoms with van der Waals surface area (Å²) in [6.07, 6.45) is 1.80. The molecule has 0 amide bonds. The molecule has 0 atom stereocenters. The summed E-state index contributed by atoms with van der Waals surface area (Å²) in [5, 5.41) is 5.48. The molecule has 0 spiro atoms. The quantitative estimate of drug-likeness (QED) is 0.574. The lowest BCUT2D eigenvalue weighted by Crippen LogP contribution is -2.08. The Morgan fingerprint density at radius 2 is 1.75 bits per heavy atom. The molecule has 0 bridgehead atoms. The number of anilines is 2. The Kier molecular flexibility index (Phi) is 4.47. The third-order valence-electron chi connectivity index (χ3n) is 3.97. The zero-order valence-corrected chi connectivity index (χ0v) is 14.5. The lowest BCUT2D eigenvalue weighted by molar-refractivity contribution is 1.13. The number of rotatable bonds is 4. The molecule has 0 aliphatic heterocycles. The molecule has 1 heterocycles. The van der Waals surface area contributed by atoms with Gasteiger partial charge in [-0.15, -0.1) is 0 Å². The van der Waals surface area contributed by atoms with Crippen LogP contribution < -0.4 is 10.3 Å². The average Bonchev–Trinajstić information content (AvgIpc) is 2.56. The lowest BCUT2D eigenvalue weighted by Gasteiger charge is -2.11. The molecule has 0 saturated heterocycles. The minimum Gasteiger partial charge on any atom is -0.378 e. The van der Waals surface area contributed by atoms with Crippen molar-refractivity contribution in [2.45, 2.75) is 13.8 Å². The third-order valence-corrected chi connectivity index (χ3v) is 3.97. The third kappa shape index (κ3) is 3.54. The van der Waals surface area contributed by atoms with Crippen LogP contribution in [-0.2, 0) is 0 Å². The highest BCUT2D eigenvalue weighted by molar-refractivity contribution is 5.85. The number of fused-ring (bicyclic) bond motifs is 1. The number of hydrogen-bond acceptors (Lipinski definition) is 4. The molecular formula is C20H22N4. The van der Waals surface area contributed by atoms with E-state index in [1.54, 1.807) is 6.21 Å². The molecule has 4 nitrogen and oxygen atoms in total. The molecular weight excluding hydrogens is 296 g/mol. The van der Waals surface area contributed by atoms with E-state index >= 15 is 0 Å². The maximum absolute atomic E-state index is 4.61. The van der Waals surface area contributed by atoms with Gasteiger partial charge in [0.1, 0.15) is 5.82 Å². The van der Waals surface area contributed by atoms with Crippen molar-refractivity contribution in [3.63, 3.8) is 0 Å². The summed E-state index contributed by atoms with van der Waals surface area (Å²) in [7, 11) is 4.06. The van der Waals surface area contributed by atoms with Gasteiger partial charge in [-0.2, -0.15) is 5.10 Å². The van der Waals surface area contributed by atoms with Crippen LogP contribution in [-0.4, -0.2) is 25.3 Å². The Morgan fingerprint density at radius 1 is 1.00 bits per heavy atom. The van der Waals surface area contributed by atoms with Gasteiger partial charge < -0.3 is 4.90 Å². The van der Waals surface area contributed by atoms with Gasteiger partial charge in [-0.25, -0.2) is 4.98 Å². The van der Waals surface area contributed by atoms with E-state index in [-0.39, 0.29) is 0 Å². The van der Waals surface area contributed by atoms with E-state index in [4.69, 9.17) is 0 Å². The Labute approximate surface area is 142 Å². The molecule has 0 saturated carbocycles. The van der Waals surface area contributed by atoms with Crippen LogP contribution in [0.5, 0.6) is 0 Å². The van der Waals surface area contributed by atoms with Crippen molar-refractivity contribution in [3.05, 3.63) is 65.2 Å². The summed E-state index contributed by atoms with van der Waals surface area (Å²) in [4.78, 5) is 6.69. The first kappa shape index (κ1) is 16.0. The van der Waals surface area contributed by atoms with Gasteiger partial charge in [-0.05, 0) is 55.3 Å². The molecule has 1 N–H and O–H groups in total. The molecule has 0 unspecified atom stereocenters. The normalized spacial score (nSPS) is 11.2. The second-order valence-corrected chi connectivity index (χ2v) is 6.20. The summed E-state index contributed by atoms with van der Waals surface area (Å²) in [6, 6.07) is 16.5. The van der Waals surface area contributed by atoms with Crippen molar-refractivity contribution < 1.29 is 0 Å². The molecule has 1 aromatic heterocycles. The summed E-state index contributed by atoms with van der Waals surface area (Å²) in [6.45, 7) is 4.19. The fraction of sp³-hybridized carbons (Fsp3) is 0.200. The molecule has 4 heteroatoms. The van der Waals surface area contributed by atoms with Crippen molar-refractivity contribution in [3.8, 4) is 0 Å². The highest BCUT2D eigenvalue weighted by atomic mass is 15.3. The van der Waals surface area contributed by atoms with Gasteiger partial charge in [0.25, 0.3) is 0 Å². The summed E-state index contributed by atoms with van der Waals surface area (Å²) < 4.78 is 0. The van der Waals surface area contributed by atoms with Gasteiger partial charge in [0.05, 0.1) is 11.7 Å². The molecule has 2 aromatic carbocycles. The monoisotopic (exact) mass is 318 g/mol. The largest absolute Gasteiger partial charge is 0.378 e. The van der Waals surface area contributed by atoms with Crippen molar-refractivity contribution in [1.82, 2.24) is 4.98 Å². The van der Waals surface area contributed by atoms with E-state index in [9.17, 15) is 0 Å². The van der Waals surface area contributed by atoms with Crippen LogP contribution in [0, 0.1) is 13.8 Å². The van der Waals surface area contributed by atoms with E-state index in [0.29, 0.717) is 0 Å². The molecule has 122 valence electrons. The smallest absolute Gasteiger partial charge is 0.147 e. The van der Waals surface area contributed by atoms with Crippen molar-refractivity contribution in [1.29, 1.82) is 0 Å². The van der Waals surface area contributed by atoms with Crippen LogP contribution in [0.15, 0.2) is 53.6 Å². The molecule has 3 aromatic rings. The van der Waals surface area contributed by atoms with Crippen LogP contribution in [0.2, 0.25) is 0 Å². The molecule has 0 fully saturated rings. The maximum Gasteiger partial charge on any atom is 0.147 e. The Bertz CT molecular complexity index is 880. The van der Waals surface area contributed by atoms with Gasteiger partial charge in [0, 0.05) is 25.2 Å². The van der Waals surface area contributed by atoms with Crippen molar-refractivity contribution >= 4 is 28.6 Å². The number of nitrogens with zero attached hydrogens (tertiary/aromatic N) is 3. The Hall–Kier alpha value is -2.88. The SMILES string of the molecule is Cc1ccc2nc(N/N=C/c3ccc(N(C)C)cc3)cc(C)c2c1. The maximum atomic E-state index is 4.61. The minimum absolute atomic E-state index is 0.755. The number of aromatic nitrogens is 1. The minimum atomic E-state index is 0.755. The fourth-order valence-corrected chi connectivity index (χ4v) is 2.60. The molecule has 0 aliphatic carbocycles. The molecule has 3 rings (SSSR count). The predicted octanol–water partition coefficient (Wildman–Crippen LogP) is 4.36. The average molecular weight is 318 g/mol. The van der Waals surface area contributed by atoms with E-state index < -0.39 is 0 Å². The Morgan fingerprint density at radius 3 is 2.46 bits per heavy atom. The first-order valence-corrected chi connectivity index (χ1v) is 7.97. The van der Waals surface area contributed by atoms with Crippen molar-refractivity contribution in [2.24, 2.45) is 5.10 Å². The zero-order chi connectivity index (χ0) is 17.1. The van der Waals surface area contributed by atoms with Crippen LogP contribution in [0.1, 0.15) is 16.7 Å². The predicted molar refractivity (Wildman–Crippen MR) is 103 cm³/mol. The van der Waals surface area contributed by atoms with E-state index in [0.717, 1.165) is 16.9 Å². The fourth-order valence-electron chi connectivity index (χ4n) is 2.60. The molecule has 0 radical (unpaired) electrons. The summed E-state index contributed by atoms with van der Waals surface area (Å²) in [5.41, 5.74) is 8.65. The molecule has 0 aliphatic rings. The van der Waals surface area contributed by atoms with Crippen LogP contribution >= 0.6 is 0 Å². The van der Waals surface area contributed by atoms with Crippen LogP contribution in [0.3, 0.4) is 0 Å². The van der Waals surface area contributed by atoms with Crippen LogP contribution in [0.25, 0.3) is 10.9 Å². The van der Waals surface area contributed by atoms with E-state index in [2.05, 4.69) is 58.5 Å². The first-order chi connectivity index (χ1) is 11.5. The van der Waals surface area contributed by atoms with Gasteiger partial charge in [-0.1, -0.05) is 23.8 Å². The number of benzene rings is 2. The number of pyridine rings is 1. The number of aryl methyl sites for hydroxylation is 2. The highest BCUT2D eigenvalue weighted by Gasteiger charge is 2.02. The second-order valence-electron chi connectivity index (χ2n) is 6.20. The zero-order valence-electron chi connectivity index (χ0n) is 14.5. The van der Waals surface area contributed by atoms with Gasteiger partial charge in [0.15, 0.2) is 0 Å². The van der Waals surface area contributed by atoms with Crippen LogP contribution in [0.4, 0.5) is 11.5 Å². The summed E-state index contributed by atoms with van der Waals surface area (Å²) in [5.74, 6) is 0.755. The summed E-state index contributed by atoms with van der Waals surface area (Å²) >= 11 is 0. The lowest BCUT2D eigenvalue weighted by atomic mass is 10.1. The van der Waals surface area contributed by atoms with Gasteiger partial charge >= 0.3 is 0 Å². The number of nitrogens with one attached hydrogen (secondary N) is 1. The topological polar surface area (TPSA) is 40.5 Å². The Balaban J connectivity index is 1.76. The number of hydrogen-bond donors (Lipinski definition) is 1. The van der Waals surface area contributed by atoms with E-state index in [1.165, 1.54) is 22.2 Å². The molecule has 24 heavy (non-hydrogen) atoms. The van der Waals surface area contributed by atoms with Gasteiger partial charge in [0.2, 0.25) is 0 Å². The first-order valence-electron chi connectivity index (χ1n) is 7.97. The van der Waals surface area contributed by atoms with E-state index in [1.807, 2.05) is 38.4 Å².